The van der Waals surface area contributed by atoms with E-state index < -0.39 is 43.4 Å². The first kappa shape index (κ1) is 17.5. The molecule has 0 saturated carbocycles. The Morgan fingerprint density at radius 1 is 1.15 bits per heavy atom. The molecule has 0 radical (unpaired) electrons. The quantitative estimate of drug-likeness (QED) is 0.243. The van der Waals surface area contributed by atoms with Gasteiger partial charge in [-0.2, -0.15) is 0 Å². The summed E-state index contributed by atoms with van der Waals surface area (Å²) in [5.74, 6) is 0. The molecule has 0 aromatic rings. The Morgan fingerprint density at radius 2 is 1.85 bits per heavy atom. The van der Waals surface area contributed by atoms with Crippen molar-refractivity contribution in [3.63, 3.8) is 0 Å². The van der Waals surface area contributed by atoms with Crippen LogP contribution in [0.25, 0.3) is 0 Å². The SMILES string of the molecule is C=CCOCC(O)COC1O[C@H](CO)[C@@H](O)[C@H](O)[C@H]1O. The minimum atomic E-state index is -1.50. The molecule has 1 fully saturated rings. The predicted octanol–water partition coefficient (Wildman–Crippen LogP) is -2.63. The molecule has 1 heterocycles. The van der Waals surface area contributed by atoms with Crippen LogP contribution in [0.3, 0.4) is 0 Å². The van der Waals surface area contributed by atoms with Crippen LogP contribution < -0.4 is 0 Å². The van der Waals surface area contributed by atoms with Gasteiger partial charge in [0.15, 0.2) is 6.29 Å². The molecule has 0 amide bonds. The molecule has 0 spiro atoms. The molecule has 1 saturated heterocycles. The molecule has 0 bridgehead atoms. The van der Waals surface area contributed by atoms with Gasteiger partial charge in [0.1, 0.15) is 30.5 Å². The molecular formula is C12H22O8. The number of hydrogen-bond donors (Lipinski definition) is 5. The molecule has 6 atom stereocenters. The van der Waals surface area contributed by atoms with Crippen LogP contribution in [0.4, 0.5) is 0 Å². The molecule has 1 aliphatic heterocycles. The van der Waals surface area contributed by atoms with Crippen molar-refractivity contribution in [2.24, 2.45) is 0 Å². The number of hydrogen-bond acceptors (Lipinski definition) is 8. The smallest absolute Gasteiger partial charge is 0.186 e. The number of rotatable bonds is 8. The van der Waals surface area contributed by atoms with Crippen LogP contribution in [-0.2, 0) is 14.2 Å². The zero-order valence-corrected chi connectivity index (χ0v) is 11.0. The van der Waals surface area contributed by atoms with Crippen LogP contribution in [0.1, 0.15) is 0 Å². The van der Waals surface area contributed by atoms with Gasteiger partial charge in [0, 0.05) is 0 Å². The summed E-state index contributed by atoms with van der Waals surface area (Å²) in [6.45, 7) is 3.03. The lowest BCUT2D eigenvalue weighted by Gasteiger charge is -2.39. The minimum absolute atomic E-state index is 0.0173. The van der Waals surface area contributed by atoms with Crippen molar-refractivity contribution in [1.82, 2.24) is 0 Å². The Morgan fingerprint density at radius 3 is 2.45 bits per heavy atom. The highest BCUT2D eigenvalue weighted by atomic mass is 16.7. The lowest BCUT2D eigenvalue weighted by molar-refractivity contribution is -0.305. The minimum Gasteiger partial charge on any atom is -0.394 e. The molecule has 8 heteroatoms. The van der Waals surface area contributed by atoms with E-state index in [1.807, 2.05) is 0 Å². The first-order valence-corrected chi connectivity index (χ1v) is 6.30. The highest BCUT2D eigenvalue weighted by molar-refractivity contribution is 4.88. The fraction of sp³-hybridized carbons (Fsp3) is 0.833. The Kier molecular flexibility index (Phi) is 7.56. The third kappa shape index (κ3) is 4.76. The van der Waals surface area contributed by atoms with Crippen molar-refractivity contribution in [2.45, 2.75) is 36.8 Å². The molecule has 0 aromatic heterocycles. The zero-order chi connectivity index (χ0) is 15.1. The summed E-state index contributed by atoms with van der Waals surface area (Å²) in [5, 5.41) is 47.3. The van der Waals surface area contributed by atoms with Gasteiger partial charge in [-0.15, -0.1) is 6.58 Å². The van der Waals surface area contributed by atoms with Crippen molar-refractivity contribution in [1.29, 1.82) is 0 Å². The Bertz CT molecular complexity index is 285. The van der Waals surface area contributed by atoms with Gasteiger partial charge < -0.3 is 39.7 Å². The van der Waals surface area contributed by atoms with Crippen LogP contribution >= 0.6 is 0 Å². The van der Waals surface area contributed by atoms with Crippen LogP contribution in [0.15, 0.2) is 12.7 Å². The van der Waals surface area contributed by atoms with E-state index in [0.717, 1.165) is 0 Å². The van der Waals surface area contributed by atoms with E-state index in [4.69, 9.17) is 19.3 Å². The fourth-order valence-electron chi connectivity index (χ4n) is 1.75. The van der Waals surface area contributed by atoms with Crippen LogP contribution in [0.5, 0.6) is 0 Å². The van der Waals surface area contributed by atoms with Crippen molar-refractivity contribution in [3.8, 4) is 0 Å². The third-order valence-electron chi connectivity index (χ3n) is 2.85. The lowest BCUT2D eigenvalue weighted by atomic mass is 9.99. The van der Waals surface area contributed by atoms with Gasteiger partial charge in [-0.1, -0.05) is 6.08 Å². The molecule has 8 nitrogen and oxygen atoms in total. The first-order chi connectivity index (χ1) is 9.51. The van der Waals surface area contributed by atoms with Crippen molar-refractivity contribution < 1.29 is 39.7 Å². The van der Waals surface area contributed by atoms with E-state index in [-0.39, 0.29) is 19.8 Å². The molecule has 0 aliphatic carbocycles. The molecule has 1 aliphatic rings. The van der Waals surface area contributed by atoms with E-state index in [0.29, 0.717) is 0 Å². The lowest BCUT2D eigenvalue weighted by Crippen LogP contribution is -2.59. The Labute approximate surface area is 116 Å². The van der Waals surface area contributed by atoms with Gasteiger partial charge in [-0.05, 0) is 0 Å². The highest BCUT2D eigenvalue weighted by Crippen LogP contribution is 2.21. The average molecular weight is 294 g/mol. The van der Waals surface area contributed by atoms with Gasteiger partial charge in [-0.3, -0.25) is 0 Å². The summed E-state index contributed by atoms with van der Waals surface area (Å²) < 4.78 is 15.2. The first-order valence-electron chi connectivity index (χ1n) is 6.30. The topological polar surface area (TPSA) is 129 Å². The second-order valence-corrected chi connectivity index (χ2v) is 4.51. The largest absolute Gasteiger partial charge is 0.394 e. The molecule has 118 valence electrons. The maximum absolute atomic E-state index is 9.68. The summed E-state index contributed by atoms with van der Waals surface area (Å²) in [4.78, 5) is 0. The van der Waals surface area contributed by atoms with Crippen molar-refractivity contribution in [3.05, 3.63) is 12.7 Å². The van der Waals surface area contributed by atoms with Gasteiger partial charge in [-0.25, -0.2) is 0 Å². The van der Waals surface area contributed by atoms with Crippen LogP contribution in [0, 0.1) is 0 Å². The number of aliphatic hydroxyl groups excluding tert-OH is 5. The third-order valence-corrected chi connectivity index (χ3v) is 2.85. The van der Waals surface area contributed by atoms with E-state index in [9.17, 15) is 20.4 Å². The molecule has 0 aromatic carbocycles. The van der Waals surface area contributed by atoms with E-state index in [1.54, 1.807) is 0 Å². The molecule has 1 rings (SSSR count). The average Bonchev–Trinajstić information content (AvgIpc) is 2.44. The van der Waals surface area contributed by atoms with Crippen molar-refractivity contribution in [2.75, 3.05) is 26.4 Å². The number of aliphatic hydroxyl groups is 5. The standard InChI is InChI=1S/C12H22O8/c1-2-3-18-5-7(14)6-19-12-11(17)10(16)9(15)8(4-13)20-12/h2,7-17H,1,3-6H2/t7?,8-,9-,10+,11-,12?/m1/s1. The zero-order valence-electron chi connectivity index (χ0n) is 11.0. The molecule has 5 N–H and O–H groups in total. The van der Waals surface area contributed by atoms with Gasteiger partial charge in [0.2, 0.25) is 0 Å². The van der Waals surface area contributed by atoms with Gasteiger partial charge in [0.25, 0.3) is 0 Å². The van der Waals surface area contributed by atoms with Crippen LogP contribution in [-0.4, -0.2) is 88.8 Å². The summed E-state index contributed by atoms with van der Waals surface area (Å²) >= 11 is 0. The Balaban J connectivity index is 2.39. The molecule has 2 unspecified atom stereocenters. The predicted molar refractivity (Wildman–Crippen MR) is 66.7 cm³/mol. The maximum atomic E-state index is 9.68. The van der Waals surface area contributed by atoms with Crippen LogP contribution in [0.2, 0.25) is 0 Å². The summed E-state index contributed by atoms with van der Waals surface area (Å²) in [6, 6.07) is 0. The van der Waals surface area contributed by atoms with Gasteiger partial charge in [0.05, 0.1) is 26.4 Å². The Hall–Kier alpha value is -0.580. The summed E-state index contributed by atoms with van der Waals surface area (Å²) in [5.41, 5.74) is 0. The second kappa shape index (κ2) is 8.65. The second-order valence-electron chi connectivity index (χ2n) is 4.51. The highest BCUT2D eigenvalue weighted by Gasteiger charge is 2.44. The maximum Gasteiger partial charge on any atom is 0.186 e. The monoisotopic (exact) mass is 294 g/mol. The fourth-order valence-corrected chi connectivity index (χ4v) is 1.75. The normalized spacial score (nSPS) is 35.8. The van der Waals surface area contributed by atoms with E-state index in [2.05, 4.69) is 6.58 Å². The van der Waals surface area contributed by atoms with E-state index in [1.165, 1.54) is 6.08 Å². The summed E-state index contributed by atoms with van der Waals surface area (Å²) in [6.07, 6.45) is -6.11. The summed E-state index contributed by atoms with van der Waals surface area (Å²) in [7, 11) is 0. The molecular weight excluding hydrogens is 272 g/mol. The van der Waals surface area contributed by atoms with Gasteiger partial charge >= 0.3 is 0 Å². The number of ether oxygens (including phenoxy) is 3. The van der Waals surface area contributed by atoms with E-state index >= 15 is 0 Å². The van der Waals surface area contributed by atoms with Crippen molar-refractivity contribution >= 4 is 0 Å². The molecule has 20 heavy (non-hydrogen) atoms.